The first-order valence-electron chi connectivity index (χ1n) is 3.88. The highest BCUT2D eigenvalue weighted by Crippen LogP contribution is 2.08. The Kier molecular flexibility index (Phi) is 2.69. The molecular formula is C9H13N3. The van der Waals surface area contributed by atoms with E-state index in [2.05, 4.69) is 16.9 Å². The van der Waals surface area contributed by atoms with E-state index >= 15 is 0 Å². The van der Waals surface area contributed by atoms with Gasteiger partial charge in [0.25, 0.3) is 0 Å². The molecule has 12 heavy (non-hydrogen) atoms. The van der Waals surface area contributed by atoms with Crippen molar-refractivity contribution >= 4 is 11.5 Å². The topological polar surface area (TPSA) is 50.9 Å². The molecule has 1 rings (SSSR count). The molecule has 0 fully saturated rings. The highest BCUT2D eigenvalue weighted by molar-refractivity contribution is 5.61. The summed E-state index contributed by atoms with van der Waals surface area (Å²) in [4.78, 5) is 3.96. The molecule has 0 spiro atoms. The average Bonchev–Trinajstić information content (AvgIpc) is 2.06. The van der Waals surface area contributed by atoms with Crippen molar-refractivity contribution in [1.82, 2.24) is 10.3 Å². The largest absolute Gasteiger partial charge is 0.385 e. The van der Waals surface area contributed by atoms with E-state index in [-0.39, 0.29) is 0 Å². The normalized spacial score (nSPS) is 9.42. The lowest BCUT2D eigenvalue weighted by atomic mass is 10.2. The van der Waals surface area contributed by atoms with Crippen LogP contribution in [0.5, 0.6) is 0 Å². The predicted octanol–water partition coefficient (Wildman–Crippen LogP) is 1.24. The number of anilines is 1. The molecule has 3 heteroatoms. The number of pyridine rings is 1. The second-order valence-electron chi connectivity index (χ2n) is 2.48. The van der Waals surface area contributed by atoms with Gasteiger partial charge < -0.3 is 11.1 Å². The van der Waals surface area contributed by atoms with Gasteiger partial charge >= 0.3 is 0 Å². The number of hydrogen-bond acceptors (Lipinski definition) is 3. The van der Waals surface area contributed by atoms with Gasteiger partial charge in [0.15, 0.2) is 0 Å². The van der Waals surface area contributed by atoms with Gasteiger partial charge in [-0.2, -0.15) is 0 Å². The van der Waals surface area contributed by atoms with Crippen molar-refractivity contribution in [2.75, 3.05) is 12.3 Å². The van der Waals surface area contributed by atoms with E-state index in [0.717, 1.165) is 17.8 Å². The molecule has 0 aromatic carbocycles. The van der Waals surface area contributed by atoms with Crippen molar-refractivity contribution in [2.24, 2.45) is 0 Å². The molecule has 0 aliphatic carbocycles. The summed E-state index contributed by atoms with van der Waals surface area (Å²) in [5, 5.41) is 3.11. The van der Waals surface area contributed by atoms with Gasteiger partial charge in [0.05, 0.1) is 0 Å². The van der Waals surface area contributed by atoms with Crippen molar-refractivity contribution in [1.29, 1.82) is 0 Å². The fourth-order valence-electron chi connectivity index (χ4n) is 0.899. The van der Waals surface area contributed by atoms with E-state index in [1.807, 2.05) is 13.0 Å². The van der Waals surface area contributed by atoms with E-state index in [1.54, 1.807) is 12.3 Å². The second-order valence-corrected chi connectivity index (χ2v) is 2.48. The average molecular weight is 163 g/mol. The Hall–Kier alpha value is -1.51. The van der Waals surface area contributed by atoms with Gasteiger partial charge in [0.2, 0.25) is 0 Å². The van der Waals surface area contributed by atoms with Crippen LogP contribution < -0.4 is 11.1 Å². The molecule has 0 aliphatic rings. The molecular weight excluding hydrogens is 150 g/mol. The minimum absolute atomic E-state index is 0.531. The first-order valence-corrected chi connectivity index (χ1v) is 3.88. The van der Waals surface area contributed by atoms with Crippen LogP contribution in [0.4, 0.5) is 5.82 Å². The summed E-state index contributed by atoms with van der Waals surface area (Å²) in [6.07, 6.45) is 1.71. The van der Waals surface area contributed by atoms with Crippen LogP contribution in [0.15, 0.2) is 24.9 Å². The predicted molar refractivity (Wildman–Crippen MR) is 51.4 cm³/mol. The summed E-state index contributed by atoms with van der Waals surface area (Å²) in [7, 11) is 0. The van der Waals surface area contributed by atoms with Gasteiger partial charge in [-0.05, 0) is 19.1 Å². The zero-order chi connectivity index (χ0) is 8.97. The number of nitrogens with zero attached hydrogens (tertiary/aromatic N) is 1. The zero-order valence-corrected chi connectivity index (χ0v) is 7.17. The molecule has 0 saturated heterocycles. The number of hydrogen-bond donors (Lipinski definition) is 2. The van der Waals surface area contributed by atoms with Crippen LogP contribution in [0, 0.1) is 0 Å². The molecule has 0 saturated carbocycles. The van der Waals surface area contributed by atoms with Gasteiger partial charge in [-0.15, -0.1) is 0 Å². The fourth-order valence-corrected chi connectivity index (χ4v) is 0.899. The molecule has 0 amide bonds. The van der Waals surface area contributed by atoms with Crippen molar-refractivity contribution in [2.45, 2.75) is 6.92 Å². The third kappa shape index (κ3) is 1.99. The van der Waals surface area contributed by atoms with Crippen molar-refractivity contribution in [3.8, 4) is 0 Å². The van der Waals surface area contributed by atoms with E-state index in [1.165, 1.54) is 0 Å². The quantitative estimate of drug-likeness (QED) is 0.705. The Morgan fingerprint density at radius 3 is 2.92 bits per heavy atom. The van der Waals surface area contributed by atoms with Crippen LogP contribution in [0.3, 0.4) is 0 Å². The smallest absolute Gasteiger partial charge is 0.123 e. The molecule has 3 N–H and O–H groups in total. The van der Waals surface area contributed by atoms with Crippen molar-refractivity contribution in [3.05, 3.63) is 30.5 Å². The maximum Gasteiger partial charge on any atom is 0.123 e. The van der Waals surface area contributed by atoms with Gasteiger partial charge in [-0.25, -0.2) is 4.98 Å². The third-order valence-corrected chi connectivity index (χ3v) is 1.52. The molecule has 0 aliphatic heterocycles. The summed E-state index contributed by atoms with van der Waals surface area (Å²) >= 11 is 0. The maximum atomic E-state index is 5.44. The number of nitrogen functional groups attached to an aromatic ring is 1. The molecule has 1 aromatic rings. The van der Waals surface area contributed by atoms with Crippen LogP contribution in [0.1, 0.15) is 12.5 Å². The molecule has 1 aromatic heterocycles. The first-order chi connectivity index (χ1) is 5.74. The van der Waals surface area contributed by atoms with Gasteiger partial charge in [0.1, 0.15) is 5.82 Å². The van der Waals surface area contributed by atoms with E-state index in [4.69, 9.17) is 5.73 Å². The summed E-state index contributed by atoms with van der Waals surface area (Å²) in [5.74, 6) is 0.531. The Morgan fingerprint density at radius 1 is 1.67 bits per heavy atom. The van der Waals surface area contributed by atoms with Crippen molar-refractivity contribution < 1.29 is 0 Å². The van der Waals surface area contributed by atoms with Crippen LogP contribution >= 0.6 is 0 Å². The number of nitrogens with one attached hydrogen (secondary N) is 1. The van der Waals surface area contributed by atoms with Gasteiger partial charge in [-0.1, -0.05) is 6.58 Å². The number of aromatic nitrogens is 1. The fraction of sp³-hybridized carbons (Fsp3) is 0.222. The Labute approximate surface area is 72.3 Å². The summed E-state index contributed by atoms with van der Waals surface area (Å²) in [6.45, 7) is 6.74. The lowest BCUT2D eigenvalue weighted by molar-refractivity contribution is 0.941. The maximum absolute atomic E-state index is 5.44. The Morgan fingerprint density at radius 2 is 2.42 bits per heavy atom. The highest BCUT2D eigenvalue weighted by Gasteiger charge is 1.95. The van der Waals surface area contributed by atoms with Crippen LogP contribution in [0.25, 0.3) is 5.70 Å². The van der Waals surface area contributed by atoms with Crippen LogP contribution in [-0.2, 0) is 0 Å². The molecule has 64 valence electrons. The standard InChI is InChI=1S/C9H13N3/c1-3-11-7(2)8-4-5-9(10)12-6-8/h4-6,11H,2-3H2,1H3,(H2,10,12). The molecule has 3 nitrogen and oxygen atoms in total. The molecule has 1 heterocycles. The third-order valence-electron chi connectivity index (χ3n) is 1.52. The van der Waals surface area contributed by atoms with Crippen LogP contribution in [0.2, 0.25) is 0 Å². The molecule has 0 unspecified atom stereocenters. The first kappa shape index (κ1) is 8.59. The van der Waals surface area contributed by atoms with E-state index in [9.17, 15) is 0 Å². The summed E-state index contributed by atoms with van der Waals surface area (Å²) in [6, 6.07) is 3.66. The number of nitrogens with two attached hydrogens (primary N) is 1. The zero-order valence-electron chi connectivity index (χ0n) is 7.17. The van der Waals surface area contributed by atoms with E-state index < -0.39 is 0 Å². The summed E-state index contributed by atoms with van der Waals surface area (Å²) in [5.41, 5.74) is 7.30. The Balaban J connectivity index is 2.75. The lowest BCUT2D eigenvalue weighted by Crippen LogP contribution is -2.09. The monoisotopic (exact) mass is 163 g/mol. The Bertz CT molecular complexity index is 264. The highest BCUT2D eigenvalue weighted by atomic mass is 14.9. The van der Waals surface area contributed by atoms with Crippen LogP contribution in [-0.4, -0.2) is 11.5 Å². The van der Waals surface area contributed by atoms with Gasteiger partial charge in [0, 0.05) is 24.0 Å². The SMILES string of the molecule is C=C(NCC)c1ccc(N)nc1. The minimum Gasteiger partial charge on any atom is -0.385 e. The molecule has 0 radical (unpaired) electrons. The van der Waals surface area contributed by atoms with Gasteiger partial charge in [-0.3, -0.25) is 0 Å². The number of rotatable bonds is 3. The minimum atomic E-state index is 0.531. The van der Waals surface area contributed by atoms with E-state index in [0.29, 0.717) is 5.82 Å². The lowest BCUT2D eigenvalue weighted by Gasteiger charge is -2.06. The molecule has 0 bridgehead atoms. The molecule has 0 atom stereocenters. The summed E-state index contributed by atoms with van der Waals surface area (Å²) < 4.78 is 0. The van der Waals surface area contributed by atoms with Crippen molar-refractivity contribution in [3.63, 3.8) is 0 Å². The second kappa shape index (κ2) is 3.76.